The standard InChI is InChI=1S/C43H47N5O7/c49-36-16-14-34(35-15-17-39(51)46-41(35)36)37(50)25-44-20-5-21-45-42(52)31-12-10-28(11-13-31)27-54-33-9-4-8-32(24-33)40(30-6-2-1-3-7-30)47-43(53)55-38-26-48-22-18-29(38)19-23-48/h1-4,6-17,24,29,37-38,40,44,49-50H,5,18-23,25-27H2,(H,45,52)(H,46,51)(H,47,53)/t37-,38-,40?/m0/s1. The van der Waals surface area contributed by atoms with Crippen molar-refractivity contribution in [2.75, 3.05) is 39.3 Å². The summed E-state index contributed by atoms with van der Waals surface area (Å²) in [6.07, 6.45) is 1.42. The number of hydrogen-bond acceptors (Lipinski definition) is 9. The van der Waals surface area contributed by atoms with Gasteiger partial charge in [0.25, 0.3) is 5.91 Å². The average molecular weight is 746 g/mol. The average Bonchev–Trinajstić information content (AvgIpc) is 3.21. The molecule has 4 aromatic carbocycles. The molecule has 3 aliphatic heterocycles. The Balaban J connectivity index is 0.863. The van der Waals surface area contributed by atoms with Gasteiger partial charge in [-0.3, -0.25) is 14.5 Å². The number of fused-ring (bicyclic) bond motifs is 4. The van der Waals surface area contributed by atoms with Crippen LogP contribution in [-0.2, 0) is 11.3 Å². The topological polar surface area (TPSA) is 165 Å². The molecule has 3 aliphatic rings. The minimum absolute atomic E-state index is 0.0567. The number of pyridine rings is 1. The van der Waals surface area contributed by atoms with Crippen molar-refractivity contribution >= 4 is 22.9 Å². The second kappa shape index (κ2) is 17.6. The molecule has 5 aromatic rings. The summed E-state index contributed by atoms with van der Waals surface area (Å²) in [6, 6.07) is 30.4. The molecule has 0 spiro atoms. The molecule has 4 heterocycles. The first-order chi connectivity index (χ1) is 26.8. The molecule has 1 aromatic heterocycles. The minimum atomic E-state index is -0.853. The number of phenols is 1. The van der Waals surface area contributed by atoms with E-state index in [-0.39, 0.29) is 29.9 Å². The molecule has 2 bridgehead atoms. The van der Waals surface area contributed by atoms with Crippen molar-refractivity contribution in [3.05, 3.63) is 141 Å². The number of aliphatic hydroxyl groups is 1. The summed E-state index contributed by atoms with van der Waals surface area (Å²) >= 11 is 0. The number of carbonyl (C=O) groups excluding carboxylic acids is 2. The normalized spacial score (nSPS) is 18.7. The predicted octanol–water partition coefficient (Wildman–Crippen LogP) is 5.17. The Kier molecular flexibility index (Phi) is 12.1. The molecule has 3 atom stereocenters. The number of aliphatic hydroxyl groups excluding tert-OH is 1. The molecular formula is C43H47N5O7. The van der Waals surface area contributed by atoms with Crippen LogP contribution in [0.5, 0.6) is 11.5 Å². The Bertz CT molecular complexity index is 2130. The van der Waals surface area contributed by atoms with Gasteiger partial charge in [-0.2, -0.15) is 0 Å². The van der Waals surface area contributed by atoms with E-state index in [0.717, 1.165) is 49.2 Å². The van der Waals surface area contributed by atoms with Crippen LogP contribution in [0.15, 0.2) is 108 Å². The SMILES string of the molecule is O=C(NC(c1ccccc1)c1cccc(OCc2ccc(C(=O)NCCCNC[C@H](O)c3ccc(O)c4[nH]c(=O)ccc34)cc2)c1)O[C@H]1CN2CCC1CC2. The van der Waals surface area contributed by atoms with Gasteiger partial charge in [-0.05, 0) is 103 Å². The fourth-order valence-electron chi connectivity index (χ4n) is 7.46. The van der Waals surface area contributed by atoms with Crippen LogP contribution >= 0.6 is 0 Å². The van der Waals surface area contributed by atoms with Gasteiger partial charge in [0, 0.05) is 36.7 Å². The fraction of sp³-hybridized carbons (Fsp3) is 0.326. The van der Waals surface area contributed by atoms with E-state index in [4.69, 9.17) is 9.47 Å². The van der Waals surface area contributed by atoms with Crippen LogP contribution in [0.1, 0.15) is 64.0 Å². The summed E-state index contributed by atoms with van der Waals surface area (Å²) in [7, 11) is 0. The monoisotopic (exact) mass is 745 g/mol. The van der Waals surface area contributed by atoms with Gasteiger partial charge in [0.15, 0.2) is 0 Å². The summed E-state index contributed by atoms with van der Waals surface area (Å²) < 4.78 is 12.1. The zero-order valence-corrected chi connectivity index (χ0v) is 30.6. The highest BCUT2D eigenvalue weighted by molar-refractivity contribution is 5.94. The molecule has 55 heavy (non-hydrogen) atoms. The van der Waals surface area contributed by atoms with Gasteiger partial charge >= 0.3 is 6.09 Å². The number of carbonyl (C=O) groups is 2. The maximum atomic E-state index is 13.2. The summed E-state index contributed by atoms with van der Waals surface area (Å²) in [5, 5.41) is 30.6. The lowest BCUT2D eigenvalue weighted by atomic mass is 9.86. The number of rotatable bonds is 15. The van der Waals surface area contributed by atoms with Gasteiger partial charge in [-0.1, -0.05) is 60.7 Å². The Morgan fingerprint density at radius 3 is 2.44 bits per heavy atom. The number of phenolic OH excluding ortho intramolecular Hbond substituents is 1. The van der Waals surface area contributed by atoms with E-state index in [1.165, 1.54) is 12.1 Å². The fourth-order valence-corrected chi connectivity index (χ4v) is 7.46. The highest BCUT2D eigenvalue weighted by atomic mass is 16.6. The van der Waals surface area contributed by atoms with E-state index in [1.807, 2.05) is 66.7 Å². The first-order valence-electron chi connectivity index (χ1n) is 18.9. The summed E-state index contributed by atoms with van der Waals surface area (Å²) in [5.74, 6) is 0.834. The molecule has 3 saturated heterocycles. The lowest BCUT2D eigenvalue weighted by Crippen LogP contribution is -2.52. The minimum Gasteiger partial charge on any atom is -0.506 e. The van der Waals surface area contributed by atoms with Gasteiger partial charge in [0.2, 0.25) is 5.56 Å². The number of nitrogens with zero attached hydrogens (tertiary/aromatic N) is 1. The quantitative estimate of drug-likeness (QED) is 0.0794. The third kappa shape index (κ3) is 9.52. The maximum Gasteiger partial charge on any atom is 0.408 e. The van der Waals surface area contributed by atoms with E-state index in [1.54, 1.807) is 24.3 Å². The van der Waals surface area contributed by atoms with Crippen LogP contribution in [0.3, 0.4) is 0 Å². The summed E-state index contributed by atoms with van der Waals surface area (Å²) in [5.41, 5.74) is 3.80. The van der Waals surface area contributed by atoms with E-state index in [0.29, 0.717) is 59.8 Å². The zero-order chi connectivity index (χ0) is 38.1. The Morgan fingerprint density at radius 2 is 1.67 bits per heavy atom. The van der Waals surface area contributed by atoms with Crippen molar-refractivity contribution in [1.29, 1.82) is 0 Å². The van der Waals surface area contributed by atoms with E-state index < -0.39 is 18.2 Å². The molecule has 12 nitrogen and oxygen atoms in total. The van der Waals surface area contributed by atoms with Crippen molar-refractivity contribution in [1.82, 2.24) is 25.8 Å². The lowest BCUT2D eigenvalue weighted by molar-refractivity contribution is -0.0336. The summed E-state index contributed by atoms with van der Waals surface area (Å²) in [4.78, 5) is 42.6. The second-order valence-electron chi connectivity index (χ2n) is 14.2. The van der Waals surface area contributed by atoms with Gasteiger partial charge < -0.3 is 40.6 Å². The Labute approximate surface area is 319 Å². The number of aromatic nitrogens is 1. The molecule has 12 heteroatoms. The molecule has 3 fully saturated rings. The van der Waals surface area contributed by atoms with Crippen LogP contribution in [0.4, 0.5) is 4.79 Å². The van der Waals surface area contributed by atoms with Crippen LogP contribution < -0.4 is 26.2 Å². The smallest absolute Gasteiger partial charge is 0.408 e. The van der Waals surface area contributed by atoms with Gasteiger partial charge in [0.05, 0.1) is 17.7 Å². The van der Waals surface area contributed by atoms with Crippen LogP contribution in [0.25, 0.3) is 10.9 Å². The number of amides is 2. The second-order valence-corrected chi connectivity index (χ2v) is 14.2. The summed E-state index contributed by atoms with van der Waals surface area (Å²) in [6.45, 7) is 4.52. The third-order valence-electron chi connectivity index (χ3n) is 10.5. The lowest BCUT2D eigenvalue weighted by Gasteiger charge is -2.43. The number of ether oxygens (including phenoxy) is 2. The van der Waals surface area contributed by atoms with Gasteiger partial charge in [0.1, 0.15) is 24.2 Å². The third-order valence-corrected chi connectivity index (χ3v) is 10.5. The number of alkyl carbamates (subject to hydrolysis) is 1. The van der Waals surface area contributed by atoms with Gasteiger partial charge in [-0.25, -0.2) is 4.79 Å². The molecular weight excluding hydrogens is 699 g/mol. The number of nitrogens with one attached hydrogen (secondary N) is 4. The zero-order valence-electron chi connectivity index (χ0n) is 30.6. The van der Waals surface area contributed by atoms with Crippen LogP contribution in [0, 0.1) is 5.92 Å². The Morgan fingerprint density at radius 1 is 0.891 bits per heavy atom. The number of aromatic hydroxyl groups is 1. The highest BCUT2D eigenvalue weighted by Crippen LogP contribution is 2.31. The van der Waals surface area contributed by atoms with Crippen molar-refractivity contribution < 1.29 is 29.3 Å². The Hall–Kier alpha value is -5.69. The molecule has 1 unspecified atom stereocenters. The largest absolute Gasteiger partial charge is 0.506 e. The van der Waals surface area contributed by atoms with Crippen molar-refractivity contribution in [3.8, 4) is 11.5 Å². The van der Waals surface area contributed by atoms with E-state index in [2.05, 4.69) is 25.8 Å². The van der Waals surface area contributed by atoms with Crippen molar-refractivity contribution in [2.45, 2.75) is 44.1 Å². The van der Waals surface area contributed by atoms with E-state index in [9.17, 15) is 24.6 Å². The first-order valence-corrected chi connectivity index (χ1v) is 18.9. The van der Waals surface area contributed by atoms with Gasteiger partial charge in [-0.15, -0.1) is 0 Å². The number of hydrogen-bond donors (Lipinski definition) is 6. The number of piperidine rings is 3. The molecule has 0 aliphatic carbocycles. The highest BCUT2D eigenvalue weighted by Gasteiger charge is 2.37. The number of aromatic amines is 1. The van der Waals surface area contributed by atoms with E-state index >= 15 is 0 Å². The van der Waals surface area contributed by atoms with Crippen molar-refractivity contribution in [2.24, 2.45) is 5.92 Å². The number of H-pyrrole nitrogens is 1. The van der Waals surface area contributed by atoms with Crippen LogP contribution in [-0.4, -0.2) is 77.5 Å². The molecule has 286 valence electrons. The molecule has 0 saturated carbocycles. The maximum absolute atomic E-state index is 13.2. The molecule has 0 radical (unpaired) electrons. The van der Waals surface area contributed by atoms with Crippen molar-refractivity contribution in [3.63, 3.8) is 0 Å². The first kappa shape index (κ1) is 37.6. The predicted molar refractivity (Wildman–Crippen MR) is 209 cm³/mol. The molecule has 6 N–H and O–H groups in total. The van der Waals surface area contributed by atoms with Crippen LogP contribution in [0.2, 0.25) is 0 Å². The molecule has 2 amide bonds. The molecule has 8 rings (SSSR count). The number of benzene rings is 4.